The second-order valence-corrected chi connectivity index (χ2v) is 3.69. The second-order valence-electron chi connectivity index (χ2n) is 3.69. The summed E-state index contributed by atoms with van der Waals surface area (Å²) in [7, 11) is 0. The zero-order valence-corrected chi connectivity index (χ0v) is 8.09. The molecule has 0 saturated carbocycles. The smallest absolute Gasteiger partial charge is 0.206 e. The van der Waals surface area contributed by atoms with Gasteiger partial charge in [-0.1, -0.05) is 0 Å². The van der Waals surface area contributed by atoms with Gasteiger partial charge >= 0.3 is 0 Å². The SMILES string of the molecule is N[C@@H]1CCN(c2ncnc3n[nH]nc23)C1. The van der Waals surface area contributed by atoms with E-state index < -0.39 is 0 Å². The van der Waals surface area contributed by atoms with Gasteiger partial charge in [0.1, 0.15) is 6.33 Å². The Hall–Kier alpha value is -1.76. The van der Waals surface area contributed by atoms with Crippen LogP contribution in [0.4, 0.5) is 5.82 Å². The fourth-order valence-corrected chi connectivity index (χ4v) is 1.88. The van der Waals surface area contributed by atoms with E-state index in [1.54, 1.807) is 0 Å². The summed E-state index contributed by atoms with van der Waals surface area (Å²) >= 11 is 0. The number of H-pyrrole nitrogens is 1. The normalized spacial score (nSPS) is 21.4. The molecule has 0 amide bonds. The van der Waals surface area contributed by atoms with Gasteiger partial charge in [-0.15, -0.1) is 5.10 Å². The molecule has 1 aliphatic heterocycles. The Morgan fingerprint density at radius 2 is 2.33 bits per heavy atom. The molecular formula is C8H11N7. The van der Waals surface area contributed by atoms with Crippen molar-refractivity contribution in [1.29, 1.82) is 0 Å². The minimum Gasteiger partial charge on any atom is -0.353 e. The van der Waals surface area contributed by atoms with E-state index >= 15 is 0 Å². The Labute approximate surface area is 85.7 Å². The topological polar surface area (TPSA) is 96.6 Å². The Balaban J connectivity index is 2.06. The molecule has 0 spiro atoms. The number of aromatic amines is 1. The average molecular weight is 205 g/mol. The standard InChI is InChI=1S/C8H11N7/c9-5-1-2-15(3-5)8-6-7(10-4-11-8)13-14-12-6/h4-5H,1-3,9H2,(H,10,11,12,13,14)/t5-/m1/s1. The zero-order valence-electron chi connectivity index (χ0n) is 8.09. The third-order valence-electron chi connectivity index (χ3n) is 2.63. The van der Waals surface area contributed by atoms with E-state index in [2.05, 4.69) is 30.3 Å². The minimum atomic E-state index is 0.224. The molecule has 1 aliphatic rings. The summed E-state index contributed by atoms with van der Waals surface area (Å²) in [6.45, 7) is 1.74. The van der Waals surface area contributed by atoms with Gasteiger partial charge < -0.3 is 10.6 Å². The number of hydrogen-bond donors (Lipinski definition) is 2. The summed E-state index contributed by atoms with van der Waals surface area (Å²) in [4.78, 5) is 10.4. The number of fused-ring (bicyclic) bond motifs is 1. The molecule has 2 aromatic rings. The summed E-state index contributed by atoms with van der Waals surface area (Å²) in [5.41, 5.74) is 7.17. The highest BCUT2D eigenvalue weighted by atomic mass is 15.4. The molecule has 1 atom stereocenters. The van der Waals surface area contributed by atoms with E-state index in [-0.39, 0.29) is 6.04 Å². The van der Waals surface area contributed by atoms with Gasteiger partial charge in [-0.3, -0.25) is 0 Å². The maximum Gasteiger partial charge on any atom is 0.206 e. The molecule has 0 aromatic carbocycles. The van der Waals surface area contributed by atoms with Crippen LogP contribution in [0.25, 0.3) is 11.2 Å². The number of rotatable bonds is 1. The number of anilines is 1. The maximum absolute atomic E-state index is 5.85. The van der Waals surface area contributed by atoms with Crippen LogP contribution >= 0.6 is 0 Å². The lowest BCUT2D eigenvalue weighted by atomic mass is 10.3. The van der Waals surface area contributed by atoms with Crippen molar-refractivity contribution in [3.8, 4) is 0 Å². The summed E-state index contributed by atoms with van der Waals surface area (Å²) in [6.07, 6.45) is 2.49. The molecule has 0 unspecified atom stereocenters. The molecule has 78 valence electrons. The van der Waals surface area contributed by atoms with Crippen molar-refractivity contribution in [2.45, 2.75) is 12.5 Å². The predicted molar refractivity (Wildman–Crippen MR) is 54.3 cm³/mol. The highest BCUT2D eigenvalue weighted by Gasteiger charge is 2.23. The average Bonchev–Trinajstić information content (AvgIpc) is 2.84. The van der Waals surface area contributed by atoms with Gasteiger partial charge in [0.2, 0.25) is 5.65 Å². The Morgan fingerprint density at radius 1 is 1.40 bits per heavy atom. The van der Waals surface area contributed by atoms with Crippen LogP contribution in [0.3, 0.4) is 0 Å². The van der Waals surface area contributed by atoms with E-state index in [1.165, 1.54) is 6.33 Å². The first-order valence-electron chi connectivity index (χ1n) is 4.86. The van der Waals surface area contributed by atoms with Crippen molar-refractivity contribution in [2.24, 2.45) is 5.73 Å². The molecule has 0 radical (unpaired) electrons. The van der Waals surface area contributed by atoms with Crippen molar-refractivity contribution in [3.63, 3.8) is 0 Å². The largest absolute Gasteiger partial charge is 0.353 e. The lowest BCUT2D eigenvalue weighted by Gasteiger charge is -2.15. The Morgan fingerprint density at radius 3 is 3.13 bits per heavy atom. The van der Waals surface area contributed by atoms with Crippen LogP contribution < -0.4 is 10.6 Å². The molecule has 7 heteroatoms. The van der Waals surface area contributed by atoms with Crippen LogP contribution in [0.15, 0.2) is 6.33 Å². The molecule has 15 heavy (non-hydrogen) atoms. The zero-order chi connectivity index (χ0) is 10.3. The van der Waals surface area contributed by atoms with Crippen molar-refractivity contribution in [3.05, 3.63) is 6.33 Å². The van der Waals surface area contributed by atoms with Crippen molar-refractivity contribution in [2.75, 3.05) is 18.0 Å². The van der Waals surface area contributed by atoms with E-state index in [1.807, 2.05) is 0 Å². The van der Waals surface area contributed by atoms with Crippen molar-refractivity contribution >= 4 is 17.0 Å². The molecule has 3 N–H and O–H groups in total. The Bertz CT molecular complexity index is 479. The van der Waals surface area contributed by atoms with Gasteiger partial charge in [-0.25, -0.2) is 9.97 Å². The molecule has 0 aliphatic carbocycles. The minimum absolute atomic E-state index is 0.224. The predicted octanol–water partition coefficient (Wildman–Crippen LogP) is -0.715. The molecule has 1 saturated heterocycles. The first-order chi connectivity index (χ1) is 7.34. The summed E-state index contributed by atoms with van der Waals surface area (Å²) in [6, 6.07) is 0.224. The van der Waals surface area contributed by atoms with Crippen LogP contribution in [-0.2, 0) is 0 Å². The van der Waals surface area contributed by atoms with E-state index in [4.69, 9.17) is 5.73 Å². The molecule has 3 heterocycles. The maximum atomic E-state index is 5.85. The second kappa shape index (κ2) is 3.13. The number of nitrogens with one attached hydrogen (secondary N) is 1. The molecular weight excluding hydrogens is 194 g/mol. The molecule has 7 nitrogen and oxygen atoms in total. The summed E-state index contributed by atoms with van der Waals surface area (Å²) < 4.78 is 0. The van der Waals surface area contributed by atoms with Crippen LogP contribution in [-0.4, -0.2) is 44.5 Å². The lowest BCUT2D eigenvalue weighted by molar-refractivity contribution is 0.751. The summed E-state index contributed by atoms with van der Waals surface area (Å²) in [5.74, 6) is 0.821. The van der Waals surface area contributed by atoms with Gasteiger partial charge in [0.05, 0.1) is 0 Å². The summed E-state index contributed by atoms with van der Waals surface area (Å²) in [5, 5.41) is 10.5. The van der Waals surface area contributed by atoms with Crippen LogP contribution in [0.1, 0.15) is 6.42 Å². The van der Waals surface area contributed by atoms with Gasteiger partial charge in [-0.2, -0.15) is 10.3 Å². The number of hydrogen-bond acceptors (Lipinski definition) is 6. The van der Waals surface area contributed by atoms with Gasteiger partial charge in [0.15, 0.2) is 11.3 Å². The number of nitrogens with zero attached hydrogens (tertiary/aromatic N) is 5. The molecule has 2 aromatic heterocycles. The third kappa shape index (κ3) is 1.32. The third-order valence-corrected chi connectivity index (χ3v) is 2.63. The first-order valence-corrected chi connectivity index (χ1v) is 4.86. The van der Waals surface area contributed by atoms with E-state index in [0.29, 0.717) is 11.2 Å². The number of aromatic nitrogens is 5. The van der Waals surface area contributed by atoms with Crippen molar-refractivity contribution in [1.82, 2.24) is 25.4 Å². The quantitative estimate of drug-likeness (QED) is 0.638. The number of nitrogens with two attached hydrogens (primary N) is 1. The first kappa shape index (κ1) is 8.54. The highest BCUT2D eigenvalue weighted by molar-refractivity contribution is 5.82. The molecule has 0 bridgehead atoms. The Kier molecular flexibility index (Phi) is 1.78. The van der Waals surface area contributed by atoms with E-state index in [9.17, 15) is 0 Å². The van der Waals surface area contributed by atoms with Crippen LogP contribution in [0.5, 0.6) is 0 Å². The highest BCUT2D eigenvalue weighted by Crippen LogP contribution is 2.22. The van der Waals surface area contributed by atoms with Crippen molar-refractivity contribution < 1.29 is 0 Å². The van der Waals surface area contributed by atoms with Gasteiger partial charge in [-0.05, 0) is 6.42 Å². The van der Waals surface area contributed by atoms with E-state index in [0.717, 1.165) is 25.3 Å². The molecule has 1 fully saturated rings. The fraction of sp³-hybridized carbons (Fsp3) is 0.500. The van der Waals surface area contributed by atoms with Gasteiger partial charge in [0, 0.05) is 19.1 Å². The van der Waals surface area contributed by atoms with Gasteiger partial charge in [0.25, 0.3) is 0 Å². The van der Waals surface area contributed by atoms with Crippen LogP contribution in [0.2, 0.25) is 0 Å². The molecule has 3 rings (SSSR count). The lowest BCUT2D eigenvalue weighted by Crippen LogP contribution is -2.27. The van der Waals surface area contributed by atoms with Crippen LogP contribution in [0, 0.1) is 0 Å². The fourth-order valence-electron chi connectivity index (χ4n) is 1.88. The monoisotopic (exact) mass is 205 g/mol.